The third-order valence-corrected chi connectivity index (χ3v) is 5.04. The number of nitriles is 1. The van der Waals surface area contributed by atoms with Gasteiger partial charge in [-0.15, -0.1) is 0 Å². The molecule has 0 radical (unpaired) electrons. The van der Waals surface area contributed by atoms with E-state index in [2.05, 4.69) is 10.5 Å². The molecule has 0 aliphatic rings. The van der Waals surface area contributed by atoms with Crippen LogP contribution in [0.25, 0.3) is 11.0 Å². The van der Waals surface area contributed by atoms with E-state index in [9.17, 15) is 4.21 Å². The predicted octanol–water partition coefficient (Wildman–Crippen LogP) is 4.60. The Kier molecular flexibility index (Phi) is 4.56. The van der Waals surface area contributed by atoms with Gasteiger partial charge in [-0.1, -0.05) is 30.3 Å². The summed E-state index contributed by atoms with van der Waals surface area (Å²) in [6.07, 6.45) is 0. The molecule has 4 nitrogen and oxygen atoms in total. The number of benzene rings is 2. The van der Waals surface area contributed by atoms with Gasteiger partial charge in [0.2, 0.25) is 0 Å². The van der Waals surface area contributed by atoms with Gasteiger partial charge in [-0.25, -0.2) is 4.21 Å². The van der Waals surface area contributed by atoms with E-state index < -0.39 is 15.7 Å². The lowest BCUT2D eigenvalue weighted by Gasteiger charge is -2.14. The second-order valence-electron chi connectivity index (χ2n) is 6.64. The molecule has 0 spiro atoms. The van der Waals surface area contributed by atoms with E-state index in [-0.39, 0.29) is 0 Å². The monoisotopic (exact) mass is 350 g/mol. The van der Waals surface area contributed by atoms with Crippen LogP contribution in [-0.4, -0.2) is 14.7 Å². The van der Waals surface area contributed by atoms with Crippen molar-refractivity contribution in [3.05, 3.63) is 71.5 Å². The highest BCUT2D eigenvalue weighted by molar-refractivity contribution is 7.85. The summed E-state index contributed by atoms with van der Waals surface area (Å²) in [7, 11) is -1.43. The molecule has 0 fully saturated rings. The molecule has 0 amide bonds. The number of nitrogens with zero attached hydrogens (tertiary/aromatic N) is 2. The fraction of sp³-hybridized carbons (Fsp3) is 0.200. The van der Waals surface area contributed by atoms with E-state index in [1.165, 1.54) is 0 Å². The Morgan fingerprint density at radius 2 is 1.80 bits per heavy atom. The summed E-state index contributed by atoms with van der Waals surface area (Å²) in [5.74, 6) is 0.559. The van der Waals surface area contributed by atoms with Crippen LogP contribution >= 0.6 is 0 Å². The standard InChI is InChI=1S/C20H18N2O2S/c1-20(2,3)25(23)22-19(15-10-8-14(13-21)9-11-15)18-12-16-6-4-5-7-17(16)24-18/h4-12H,1-3H3. The molecule has 0 aliphatic carbocycles. The molecule has 25 heavy (non-hydrogen) atoms. The zero-order valence-corrected chi connectivity index (χ0v) is 15.1. The van der Waals surface area contributed by atoms with Gasteiger partial charge in [0.25, 0.3) is 0 Å². The van der Waals surface area contributed by atoms with Crippen LogP contribution in [-0.2, 0) is 11.0 Å². The highest BCUT2D eigenvalue weighted by atomic mass is 32.2. The Bertz CT molecular complexity index is 970. The second kappa shape index (κ2) is 6.66. The lowest BCUT2D eigenvalue weighted by Crippen LogP contribution is -2.21. The summed E-state index contributed by atoms with van der Waals surface area (Å²) in [4.78, 5) is 0. The maximum absolute atomic E-state index is 12.6. The van der Waals surface area contributed by atoms with E-state index in [0.29, 0.717) is 17.0 Å². The Morgan fingerprint density at radius 1 is 1.12 bits per heavy atom. The van der Waals surface area contributed by atoms with Gasteiger partial charge in [-0.2, -0.15) is 9.66 Å². The average Bonchev–Trinajstić information content (AvgIpc) is 3.02. The minimum atomic E-state index is -1.43. The molecule has 1 unspecified atom stereocenters. The van der Waals surface area contributed by atoms with Crippen LogP contribution in [0.1, 0.15) is 37.7 Å². The van der Waals surface area contributed by atoms with Crippen molar-refractivity contribution in [2.75, 3.05) is 0 Å². The minimum Gasteiger partial charge on any atom is -0.454 e. The number of furan rings is 1. The normalized spacial score (nSPS) is 13.6. The molecule has 2 aromatic carbocycles. The third kappa shape index (κ3) is 3.70. The van der Waals surface area contributed by atoms with Crippen molar-refractivity contribution in [2.45, 2.75) is 25.5 Å². The first-order valence-corrected chi connectivity index (χ1v) is 8.99. The van der Waals surface area contributed by atoms with Crippen LogP contribution in [0.15, 0.2) is 63.4 Å². The lowest BCUT2D eigenvalue weighted by molar-refractivity contribution is 0.605. The molecule has 126 valence electrons. The van der Waals surface area contributed by atoms with E-state index in [0.717, 1.165) is 16.5 Å². The van der Waals surface area contributed by atoms with Crippen molar-refractivity contribution in [3.63, 3.8) is 0 Å². The van der Waals surface area contributed by atoms with Gasteiger partial charge in [0.15, 0.2) is 5.76 Å². The quantitative estimate of drug-likeness (QED) is 0.648. The lowest BCUT2D eigenvalue weighted by atomic mass is 10.1. The molecule has 1 atom stereocenters. The number of para-hydroxylation sites is 1. The van der Waals surface area contributed by atoms with Crippen LogP contribution in [0.4, 0.5) is 0 Å². The number of hydrogen-bond donors (Lipinski definition) is 0. The van der Waals surface area contributed by atoms with Crippen LogP contribution in [0, 0.1) is 11.3 Å². The smallest absolute Gasteiger partial charge is 0.155 e. The Labute approximate surface area is 149 Å². The maximum Gasteiger partial charge on any atom is 0.155 e. The summed E-state index contributed by atoms with van der Waals surface area (Å²) >= 11 is 0. The molecule has 1 aromatic heterocycles. The topological polar surface area (TPSA) is 66.4 Å². The zero-order valence-electron chi connectivity index (χ0n) is 14.3. The predicted molar refractivity (Wildman–Crippen MR) is 101 cm³/mol. The van der Waals surface area contributed by atoms with Gasteiger partial charge in [0, 0.05) is 10.9 Å². The average molecular weight is 350 g/mol. The SMILES string of the molecule is CC(C)(C)S(=O)N=C(c1ccc(C#N)cc1)c1cc2ccccc2o1. The van der Waals surface area contributed by atoms with Crippen molar-refractivity contribution in [1.82, 2.24) is 0 Å². The van der Waals surface area contributed by atoms with Crippen molar-refractivity contribution in [1.29, 1.82) is 5.26 Å². The van der Waals surface area contributed by atoms with E-state index >= 15 is 0 Å². The van der Waals surface area contributed by atoms with Crippen LogP contribution in [0.5, 0.6) is 0 Å². The number of fused-ring (bicyclic) bond motifs is 1. The van der Waals surface area contributed by atoms with Gasteiger partial charge in [0.05, 0.1) is 16.4 Å². The van der Waals surface area contributed by atoms with Crippen molar-refractivity contribution < 1.29 is 8.63 Å². The first-order valence-electron chi connectivity index (χ1n) is 7.88. The molecule has 0 bridgehead atoms. The highest BCUT2D eigenvalue weighted by Crippen LogP contribution is 2.24. The molecule has 0 saturated heterocycles. The molecular formula is C20H18N2O2S. The van der Waals surface area contributed by atoms with Crippen LogP contribution in [0.2, 0.25) is 0 Å². The van der Waals surface area contributed by atoms with Gasteiger partial charge in [0.1, 0.15) is 22.3 Å². The number of hydrogen-bond acceptors (Lipinski definition) is 3. The van der Waals surface area contributed by atoms with Crippen molar-refractivity contribution in [3.8, 4) is 6.07 Å². The fourth-order valence-corrected chi connectivity index (χ4v) is 2.90. The van der Waals surface area contributed by atoms with Crippen LogP contribution in [0.3, 0.4) is 0 Å². The molecular weight excluding hydrogens is 332 g/mol. The van der Waals surface area contributed by atoms with E-state index in [1.54, 1.807) is 24.3 Å². The Morgan fingerprint density at radius 3 is 2.40 bits per heavy atom. The molecule has 3 rings (SSSR count). The summed E-state index contributed by atoms with van der Waals surface area (Å²) in [6.45, 7) is 5.63. The molecule has 0 aliphatic heterocycles. The van der Waals surface area contributed by atoms with E-state index in [1.807, 2.05) is 51.1 Å². The summed E-state index contributed by atoms with van der Waals surface area (Å²) in [5, 5.41) is 9.94. The third-order valence-electron chi connectivity index (χ3n) is 3.64. The Hall–Kier alpha value is -2.71. The van der Waals surface area contributed by atoms with Gasteiger partial charge >= 0.3 is 0 Å². The molecule has 1 heterocycles. The molecule has 5 heteroatoms. The largest absolute Gasteiger partial charge is 0.454 e. The van der Waals surface area contributed by atoms with Gasteiger partial charge < -0.3 is 4.42 Å². The number of rotatable bonds is 3. The zero-order chi connectivity index (χ0) is 18.0. The first-order chi connectivity index (χ1) is 11.9. The summed E-state index contributed by atoms with van der Waals surface area (Å²) < 4.78 is 22.5. The minimum absolute atomic E-state index is 0.482. The summed E-state index contributed by atoms with van der Waals surface area (Å²) in [6, 6.07) is 18.7. The molecule has 0 N–H and O–H groups in total. The van der Waals surface area contributed by atoms with Crippen LogP contribution < -0.4 is 0 Å². The van der Waals surface area contributed by atoms with Gasteiger partial charge in [-0.3, -0.25) is 0 Å². The molecule has 3 aromatic rings. The second-order valence-corrected chi connectivity index (χ2v) is 8.54. The Balaban J connectivity index is 2.15. The molecule has 0 saturated carbocycles. The van der Waals surface area contributed by atoms with Crippen molar-refractivity contribution in [2.24, 2.45) is 4.40 Å². The van der Waals surface area contributed by atoms with Crippen molar-refractivity contribution >= 4 is 27.7 Å². The highest BCUT2D eigenvalue weighted by Gasteiger charge is 2.22. The first kappa shape index (κ1) is 17.1. The maximum atomic E-state index is 12.6. The van der Waals surface area contributed by atoms with E-state index in [4.69, 9.17) is 9.68 Å². The van der Waals surface area contributed by atoms with Gasteiger partial charge in [-0.05, 0) is 45.0 Å². The summed E-state index contributed by atoms with van der Waals surface area (Å²) in [5.41, 5.74) is 2.59. The fourth-order valence-electron chi connectivity index (χ4n) is 2.26.